The van der Waals surface area contributed by atoms with E-state index in [1.807, 2.05) is 0 Å². The van der Waals surface area contributed by atoms with Gasteiger partial charge >= 0.3 is 0 Å². The molecule has 1 saturated heterocycles. The van der Waals surface area contributed by atoms with Crippen molar-refractivity contribution in [3.63, 3.8) is 0 Å². The largest absolute Gasteiger partial charge is 0.368 e. The molecular weight excluding hydrogens is 298 g/mol. The van der Waals surface area contributed by atoms with Crippen molar-refractivity contribution in [1.29, 1.82) is 0 Å². The Kier molecular flexibility index (Phi) is 2.94. The molecule has 5 rings (SSSR count). The molecule has 1 fully saturated rings. The first-order valence-electron chi connectivity index (χ1n) is 9.31. The molecule has 1 aromatic carbocycles. The Labute approximate surface area is 142 Å². The average molecular weight is 323 g/mol. The third-order valence-corrected chi connectivity index (χ3v) is 6.97. The number of aromatic nitrogens is 1. The minimum Gasteiger partial charge on any atom is -0.368 e. The Balaban J connectivity index is 1.87. The van der Waals surface area contributed by atoms with Crippen LogP contribution in [-0.4, -0.2) is 28.5 Å². The van der Waals surface area contributed by atoms with Gasteiger partial charge in [-0.3, -0.25) is 9.69 Å². The summed E-state index contributed by atoms with van der Waals surface area (Å²) in [5, 5.41) is 1.33. The average Bonchev–Trinajstić information content (AvgIpc) is 2.95. The second-order valence-corrected chi connectivity index (χ2v) is 7.88. The molecule has 126 valence electrons. The first-order chi connectivity index (χ1) is 11.7. The quantitative estimate of drug-likeness (QED) is 0.923. The third kappa shape index (κ3) is 1.65. The summed E-state index contributed by atoms with van der Waals surface area (Å²) in [5.74, 6) is -0.174. The fourth-order valence-corrected chi connectivity index (χ4v) is 5.93. The highest BCUT2D eigenvalue weighted by molar-refractivity contribution is 5.90. The molecule has 0 bridgehead atoms. The summed E-state index contributed by atoms with van der Waals surface area (Å²) >= 11 is 0. The molecule has 4 heteroatoms. The number of nitrogens with zero attached hydrogens (tertiary/aromatic N) is 2. The normalized spacial score (nSPS) is 31.9. The maximum absolute atomic E-state index is 12.4. The Morgan fingerprint density at radius 3 is 2.96 bits per heavy atom. The lowest BCUT2D eigenvalue weighted by atomic mass is 9.63. The monoisotopic (exact) mass is 323 g/mol. The molecule has 0 unspecified atom stereocenters. The van der Waals surface area contributed by atoms with E-state index >= 15 is 0 Å². The van der Waals surface area contributed by atoms with Gasteiger partial charge < -0.3 is 10.3 Å². The molecule has 24 heavy (non-hydrogen) atoms. The molecule has 3 aliphatic rings. The van der Waals surface area contributed by atoms with Crippen molar-refractivity contribution >= 4 is 16.8 Å². The maximum Gasteiger partial charge on any atom is 0.240 e. The lowest BCUT2D eigenvalue weighted by molar-refractivity contribution is -0.125. The van der Waals surface area contributed by atoms with Crippen molar-refractivity contribution in [1.82, 2.24) is 9.47 Å². The topological polar surface area (TPSA) is 51.3 Å². The number of rotatable bonds is 2. The van der Waals surface area contributed by atoms with Crippen LogP contribution in [0.25, 0.3) is 10.9 Å². The molecule has 3 aliphatic heterocycles. The molecule has 4 nitrogen and oxygen atoms in total. The van der Waals surface area contributed by atoms with E-state index in [0.29, 0.717) is 6.04 Å². The number of para-hydroxylation sites is 1. The third-order valence-electron chi connectivity index (χ3n) is 6.97. The van der Waals surface area contributed by atoms with Gasteiger partial charge in [-0.1, -0.05) is 25.1 Å². The van der Waals surface area contributed by atoms with Gasteiger partial charge in [0.05, 0.1) is 6.04 Å². The van der Waals surface area contributed by atoms with Crippen LogP contribution < -0.4 is 5.73 Å². The summed E-state index contributed by atoms with van der Waals surface area (Å²) in [6, 6.07) is 8.84. The van der Waals surface area contributed by atoms with E-state index in [9.17, 15) is 4.79 Å². The van der Waals surface area contributed by atoms with Crippen molar-refractivity contribution in [2.75, 3.05) is 13.1 Å². The Morgan fingerprint density at radius 2 is 2.17 bits per heavy atom. The van der Waals surface area contributed by atoms with Gasteiger partial charge in [-0.2, -0.15) is 0 Å². The van der Waals surface area contributed by atoms with E-state index in [4.69, 9.17) is 5.73 Å². The molecular formula is C20H25N3O. The van der Waals surface area contributed by atoms with Crippen LogP contribution in [0.4, 0.5) is 0 Å². The van der Waals surface area contributed by atoms with E-state index in [0.717, 1.165) is 25.8 Å². The zero-order chi connectivity index (χ0) is 16.5. The number of hydrogen-bond donors (Lipinski definition) is 1. The van der Waals surface area contributed by atoms with E-state index in [1.54, 1.807) is 0 Å². The van der Waals surface area contributed by atoms with Crippen molar-refractivity contribution in [2.45, 2.75) is 51.1 Å². The van der Waals surface area contributed by atoms with Gasteiger partial charge in [0.15, 0.2) is 0 Å². The van der Waals surface area contributed by atoms with Crippen LogP contribution in [0.1, 0.15) is 55.9 Å². The van der Waals surface area contributed by atoms with Gasteiger partial charge in [0.25, 0.3) is 0 Å². The van der Waals surface area contributed by atoms with Gasteiger partial charge in [0, 0.05) is 23.1 Å². The molecule has 0 aliphatic carbocycles. The van der Waals surface area contributed by atoms with Gasteiger partial charge in [-0.15, -0.1) is 0 Å². The Bertz CT molecular complexity index is 839. The second kappa shape index (κ2) is 4.85. The maximum atomic E-state index is 12.4. The van der Waals surface area contributed by atoms with Gasteiger partial charge in [-0.05, 0) is 55.7 Å². The van der Waals surface area contributed by atoms with Gasteiger partial charge in [0.2, 0.25) is 5.91 Å². The van der Waals surface area contributed by atoms with Crippen LogP contribution in [0, 0.1) is 5.41 Å². The summed E-state index contributed by atoms with van der Waals surface area (Å²) in [5.41, 5.74) is 10.2. The number of carbonyl (C=O) groups is 1. The number of piperidine rings is 1. The number of hydrogen-bond acceptors (Lipinski definition) is 2. The van der Waals surface area contributed by atoms with Crippen molar-refractivity contribution in [3.05, 3.63) is 35.5 Å². The summed E-state index contributed by atoms with van der Waals surface area (Å²) in [6.07, 6.45) is 5.56. The van der Waals surface area contributed by atoms with Crippen molar-refractivity contribution in [2.24, 2.45) is 11.1 Å². The van der Waals surface area contributed by atoms with E-state index in [2.05, 4.69) is 40.7 Å². The van der Waals surface area contributed by atoms with E-state index in [-0.39, 0.29) is 17.4 Å². The number of fused-ring (bicyclic) bond motifs is 3. The molecule has 1 aromatic heterocycles. The Hall–Kier alpha value is -1.81. The highest BCUT2D eigenvalue weighted by Crippen LogP contribution is 2.59. The standard InChI is InChI=1S/C20H25N3O/c1-2-20-9-5-10-22-11-8-14-13-6-3-4-7-15(13)23(17(14)18(20)22)16(12-20)19(21)24/h3-4,6-7,16,18H,2,5,8-12H2,1H3,(H2,21,24)/t16-,18-,20+/m1/s1. The molecule has 3 atom stereocenters. The van der Waals surface area contributed by atoms with Crippen LogP contribution in [0.2, 0.25) is 0 Å². The smallest absolute Gasteiger partial charge is 0.240 e. The van der Waals surface area contributed by atoms with Crippen LogP contribution in [-0.2, 0) is 11.2 Å². The van der Waals surface area contributed by atoms with Crippen LogP contribution in [0.3, 0.4) is 0 Å². The Morgan fingerprint density at radius 1 is 1.33 bits per heavy atom. The molecule has 2 N–H and O–H groups in total. The van der Waals surface area contributed by atoms with Gasteiger partial charge in [-0.25, -0.2) is 0 Å². The highest BCUT2D eigenvalue weighted by atomic mass is 16.1. The van der Waals surface area contributed by atoms with E-state index < -0.39 is 0 Å². The number of primary amides is 1. The minimum atomic E-state index is -0.201. The molecule has 0 radical (unpaired) electrons. The SMILES string of the molecule is CC[C@]12CCCN3CCc4c(n(c5ccccc45)[C@@H](C(N)=O)C1)[C@@H]32. The summed E-state index contributed by atoms with van der Waals surface area (Å²) < 4.78 is 2.31. The molecule has 4 heterocycles. The van der Waals surface area contributed by atoms with E-state index in [1.165, 1.54) is 41.5 Å². The zero-order valence-corrected chi connectivity index (χ0v) is 14.3. The fourth-order valence-electron chi connectivity index (χ4n) is 5.93. The summed E-state index contributed by atoms with van der Waals surface area (Å²) in [6.45, 7) is 4.64. The number of carbonyl (C=O) groups excluding carboxylic acids is 1. The summed E-state index contributed by atoms with van der Waals surface area (Å²) in [4.78, 5) is 15.1. The molecule has 2 aromatic rings. The van der Waals surface area contributed by atoms with Gasteiger partial charge in [0.1, 0.15) is 6.04 Å². The second-order valence-electron chi connectivity index (χ2n) is 7.88. The van der Waals surface area contributed by atoms with Crippen molar-refractivity contribution in [3.8, 4) is 0 Å². The van der Waals surface area contributed by atoms with Crippen molar-refractivity contribution < 1.29 is 4.79 Å². The molecule has 0 spiro atoms. The van der Waals surface area contributed by atoms with Crippen LogP contribution in [0.5, 0.6) is 0 Å². The number of benzene rings is 1. The van der Waals surface area contributed by atoms with Crippen LogP contribution in [0.15, 0.2) is 24.3 Å². The first-order valence-corrected chi connectivity index (χ1v) is 9.31. The number of nitrogens with two attached hydrogens (primary N) is 1. The molecule has 0 saturated carbocycles. The van der Waals surface area contributed by atoms with Crippen LogP contribution >= 0.6 is 0 Å². The summed E-state index contributed by atoms with van der Waals surface area (Å²) in [7, 11) is 0. The number of amides is 1. The lowest BCUT2D eigenvalue weighted by Gasteiger charge is -2.56. The minimum absolute atomic E-state index is 0.174. The lowest BCUT2D eigenvalue weighted by Crippen LogP contribution is -2.54. The fraction of sp³-hybridized carbons (Fsp3) is 0.550. The first kappa shape index (κ1) is 14.5. The highest BCUT2D eigenvalue weighted by Gasteiger charge is 2.53. The predicted molar refractivity (Wildman–Crippen MR) is 94.8 cm³/mol. The predicted octanol–water partition coefficient (Wildman–Crippen LogP) is 3.16. The zero-order valence-electron chi connectivity index (χ0n) is 14.3. The molecule has 1 amide bonds.